The molecule has 0 aliphatic rings. The molecule has 0 aromatic carbocycles. The van der Waals surface area contributed by atoms with E-state index < -0.39 is 9.84 Å². The van der Waals surface area contributed by atoms with Crippen molar-refractivity contribution < 1.29 is 8.42 Å². The number of rotatable bonds is 9. The van der Waals surface area contributed by atoms with E-state index >= 15 is 0 Å². The maximum absolute atomic E-state index is 11.6. The Morgan fingerprint density at radius 3 is 1.88 bits per heavy atom. The van der Waals surface area contributed by atoms with Crippen LogP contribution in [0.3, 0.4) is 0 Å². The van der Waals surface area contributed by atoms with Gasteiger partial charge in [0, 0.05) is 0 Å². The predicted octanol–water partition coefficient (Wildman–Crippen LogP) is 3.66. The molecule has 0 aromatic heterocycles. The van der Waals surface area contributed by atoms with E-state index in [-0.39, 0.29) is 5.92 Å². The number of sulfone groups is 1. The summed E-state index contributed by atoms with van der Waals surface area (Å²) in [5, 5.41) is 0. The first-order chi connectivity index (χ1) is 7.33. The monoisotopic (exact) mass is 248 g/mol. The van der Waals surface area contributed by atoms with Gasteiger partial charge in [-0.3, -0.25) is 0 Å². The van der Waals surface area contributed by atoms with Crippen LogP contribution < -0.4 is 0 Å². The highest BCUT2D eigenvalue weighted by Gasteiger charge is 2.12. The molecule has 2 nitrogen and oxygen atoms in total. The van der Waals surface area contributed by atoms with Gasteiger partial charge >= 0.3 is 0 Å². The molecule has 0 aliphatic carbocycles. The average molecular weight is 248 g/mol. The minimum Gasteiger partial charge on any atom is -0.229 e. The molecule has 0 rings (SSSR count). The fourth-order valence-corrected chi connectivity index (χ4v) is 3.65. The second kappa shape index (κ2) is 8.10. The third kappa shape index (κ3) is 10.5. The Bertz CT molecular complexity index is 253. The van der Waals surface area contributed by atoms with Crippen LogP contribution in [0.1, 0.15) is 59.8 Å². The smallest absolute Gasteiger partial charge is 0.150 e. The summed E-state index contributed by atoms with van der Waals surface area (Å²) in [6, 6.07) is 0. The molecule has 0 saturated carbocycles. The lowest BCUT2D eigenvalue weighted by Gasteiger charge is -2.07. The van der Waals surface area contributed by atoms with E-state index in [1.165, 1.54) is 19.3 Å². The molecule has 0 aromatic rings. The molecule has 0 fully saturated rings. The van der Waals surface area contributed by atoms with Crippen LogP contribution in [0.25, 0.3) is 0 Å². The molecule has 0 heterocycles. The zero-order chi connectivity index (χ0) is 12.6. The van der Waals surface area contributed by atoms with E-state index in [2.05, 4.69) is 13.8 Å². The van der Waals surface area contributed by atoms with Gasteiger partial charge in [-0.2, -0.15) is 0 Å². The van der Waals surface area contributed by atoms with Crippen LogP contribution in [0.4, 0.5) is 0 Å². The van der Waals surface area contributed by atoms with Gasteiger partial charge in [-0.1, -0.05) is 53.4 Å². The fourth-order valence-electron chi connectivity index (χ4n) is 1.82. The zero-order valence-corrected chi connectivity index (χ0v) is 12.1. The SMILES string of the molecule is CC(C)CCCCCCS(=O)(=O)CC(C)C. The highest BCUT2D eigenvalue weighted by Crippen LogP contribution is 2.11. The van der Waals surface area contributed by atoms with Crippen LogP contribution in [0.2, 0.25) is 0 Å². The molecule has 98 valence electrons. The van der Waals surface area contributed by atoms with E-state index in [4.69, 9.17) is 0 Å². The molecule has 0 N–H and O–H groups in total. The first kappa shape index (κ1) is 16.0. The molecule has 0 saturated heterocycles. The van der Waals surface area contributed by atoms with Crippen molar-refractivity contribution in [1.82, 2.24) is 0 Å². The maximum atomic E-state index is 11.6. The van der Waals surface area contributed by atoms with Gasteiger partial charge in [0.25, 0.3) is 0 Å². The van der Waals surface area contributed by atoms with Gasteiger partial charge in [0.1, 0.15) is 0 Å². The third-order valence-electron chi connectivity index (χ3n) is 2.57. The summed E-state index contributed by atoms with van der Waals surface area (Å²) < 4.78 is 23.2. The van der Waals surface area contributed by atoms with E-state index in [0.29, 0.717) is 11.5 Å². The Labute approximate surface area is 102 Å². The summed E-state index contributed by atoms with van der Waals surface area (Å²) in [6.07, 6.45) is 5.58. The van der Waals surface area contributed by atoms with Gasteiger partial charge in [0.2, 0.25) is 0 Å². The van der Waals surface area contributed by atoms with Gasteiger partial charge in [-0.25, -0.2) is 8.42 Å². The summed E-state index contributed by atoms with van der Waals surface area (Å²) in [7, 11) is -2.78. The van der Waals surface area contributed by atoms with E-state index in [1.807, 2.05) is 13.8 Å². The van der Waals surface area contributed by atoms with E-state index in [1.54, 1.807) is 0 Å². The van der Waals surface area contributed by atoms with Crippen LogP contribution in [0.5, 0.6) is 0 Å². The van der Waals surface area contributed by atoms with E-state index in [0.717, 1.165) is 18.8 Å². The first-order valence-electron chi connectivity index (χ1n) is 6.54. The minimum atomic E-state index is -2.78. The van der Waals surface area contributed by atoms with Crippen molar-refractivity contribution in [2.45, 2.75) is 59.8 Å². The number of hydrogen-bond acceptors (Lipinski definition) is 2. The van der Waals surface area contributed by atoms with Crippen molar-refractivity contribution >= 4 is 9.84 Å². The van der Waals surface area contributed by atoms with Crippen molar-refractivity contribution in [1.29, 1.82) is 0 Å². The Kier molecular flexibility index (Phi) is 8.08. The molecule has 0 radical (unpaired) electrons. The summed E-state index contributed by atoms with van der Waals surface area (Å²) in [4.78, 5) is 0. The molecule has 0 spiro atoms. The molecule has 16 heavy (non-hydrogen) atoms. The highest BCUT2D eigenvalue weighted by molar-refractivity contribution is 7.91. The summed E-state index contributed by atoms with van der Waals surface area (Å²) in [5.74, 6) is 1.75. The molecule has 0 unspecified atom stereocenters. The van der Waals surface area contributed by atoms with Gasteiger partial charge in [-0.15, -0.1) is 0 Å². The highest BCUT2D eigenvalue weighted by atomic mass is 32.2. The molecule has 0 atom stereocenters. The van der Waals surface area contributed by atoms with Crippen LogP contribution >= 0.6 is 0 Å². The maximum Gasteiger partial charge on any atom is 0.150 e. The summed E-state index contributed by atoms with van der Waals surface area (Å²) in [6.45, 7) is 8.38. The molecule has 0 bridgehead atoms. The third-order valence-corrected chi connectivity index (χ3v) is 4.66. The second-order valence-corrected chi connectivity index (χ2v) is 7.83. The van der Waals surface area contributed by atoms with Crippen molar-refractivity contribution in [3.63, 3.8) is 0 Å². The predicted molar refractivity (Wildman–Crippen MR) is 71.4 cm³/mol. The van der Waals surface area contributed by atoms with Gasteiger partial charge in [0.05, 0.1) is 11.5 Å². The molecule has 3 heteroatoms. The number of hydrogen-bond donors (Lipinski definition) is 0. The van der Waals surface area contributed by atoms with Crippen molar-refractivity contribution in [3.8, 4) is 0 Å². The van der Waals surface area contributed by atoms with Gasteiger partial charge in [0.15, 0.2) is 9.84 Å². The Morgan fingerprint density at radius 1 is 0.812 bits per heavy atom. The van der Waals surface area contributed by atoms with E-state index in [9.17, 15) is 8.42 Å². The Morgan fingerprint density at radius 2 is 1.38 bits per heavy atom. The zero-order valence-electron chi connectivity index (χ0n) is 11.3. The number of unbranched alkanes of at least 4 members (excludes halogenated alkanes) is 3. The van der Waals surface area contributed by atoms with Crippen LogP contribution in [-0.2, 0) is 9.84 Å². The molecule has 0 aliphatic heterocycles. The first-order valence-corrected chi connectivity index (χ1v) is 8.36. The Hall–Kier alpha value is -0.0500. The van der Waals surface area contributed by atoms with Crippen molar-refractivity contribution in [2.75, 3.05) is 11.5 Å². The lowest BCUT2D eigenvalue weighted by molar-refractivity contribution is 0.522. The minimum absolute atomic E-state index is 0.256. The average Bonchev–Trinajstić information content (AvgIpc) is 2.08. The second-order valence-electron chi connectivity index (χ2n) is 5.60. The van der Waals surface area contributed by atoms with Crippen LogP contribution in [0.15, 0.2) is 0 Å². The van der Waals surface area contributed by atoms with Crippen LogP contribution in [-0.4, -0.2) is 19.9 Å². The van der Waals surface area contributed by atoms with Crippen molar-refractivity contribution in [2.24, 2.45) is 11.8 Å². The summed E-state index contributed by atoms with van der Waals surface area (Å²) >= 11 is 0. The van der Waals surface area contributed by atoms with Crippen LogP contribution in [0, 0.1) is 11.8 Å². The van der Waals surface area contributed by atoms with Crippen molar-refractivity contribution in [3.05, 3.63) is 0 Å². The quantitative estimate of drug-likeness (QED) is 0.583. The lowest BCUT2D eigenvalue weighted by Crippen LogP contribution is -2.15. The van der Waals surface area contributed by atoms with Gasteiger partial charge < -0.3 is 0 Å². The molecular formula is C13H28O2S. The standard InChI is InChI=1S/C13H28O2S/c1-12(2)9-7-5-6-8-10-16(14,15)11-13(3)4/h12-13H,5-11H2,1-4H3. The normalized spacial score (nSPS) is 12.6. The topological polar surface area (TPSA) is 34.1 Å². The largest absolute Gasteiger partial charge is 0.229 e. The lowest BCUT2D eigenvalue weighted by atomic mass is 10.0. The summed E-state index contributed by atoms with van der Waals surface area (Å²) in [5.41, 5.74) is 0. The van der Waals surface area contributed by atoms with Gasteiger partial charge in [-0.05, 0) is 18.3 Å². The molecule has 0 amide bonds. The Balaban J connectivity index is 3.51. The molecular weight excluding hydrogens is 220 g/mol. The fraction of sp³-hybridized carbons (Fsp3) is 1.00.